The second-order valence-corrected chi connectivity index (χ2v) is 5.10. The molecule has 90 valence electrons. The molecule has 0 saturated carbocycles. The zero-order valence-electron chi connectivity index (χ0n) is 11.2. The maximum Gasteiger partial charge on any atom is 0.0785 e. The van der Waals surface area contributed by atoms with Crippen LogP contribution in [0.2, 0.25) is 0 Å². The molecule has 0 radical (unpaired) electrons. The smallest absolute Gasteiger partial charge is 0.0785 e. The van der Waals surface area contributed by atoms with E-state index in [1.54, 1.807) is 0 Å². The molecule has 1 unspecified atom stereocenters. The Balaban J connectivity index is 3.27. The number of benzene rings is 1. The molecule has 0 aliphatic heterocycles. The van der Waals surface area contributed by atoms with E-state index in [1.165, 1.54) is 22.3 Å². The summed E-state index contributed by atoms with van der Waals surface area (Å²) in [6.45, 7) is 10.0. The molecule has 0 aliphatic carbocycles. The maximum atomic E-state index is 10.2. The third-order valence-corrected chi connectivity index (χ3v) is 3.41. The van der Waals surface area contributed by atoms with Crippen LogP contribution in [0, 0.1) is 20.8 Å². The van der Waals surface area contributed by atoms with Crippen LogP contribution in [0.4, 0.5) is 0 Å². The number of aryl methyl sites for hydroxylation is 1. The van der Waals surface area contributed by atoms with Gasteiger partial charge in [-0.15, -0.1) is 0 Å². The highest BCUT2D eigenvalue weighted by atomic mass is 16.3. The van der Waals surface area contributed by atoms with Gasteiger partial charge in [-0.2, -0.15) is 0 Å². The van der Waals surface area contributed by atoms with Crippen molar-refractivity contribution in [3.8, 4) is 0 Å². The zero-order chi connectivity index (χ0) is 12.5. The maximum absolute atomic E-state index is 10.2. The molecule has 16 heavy (non-hydrogen) atoms. The van der Waals surface area contributed by atoms with Gasteiger partial charge in [-0.3, -0.25) is 0 Å². The molecule has 0 bridgehead atoms. The van der Waals surface area contributed by atoms with Gasteiger partial charge in [0.1, 0.15) is 0 Å². The molecule has 2 N–H and O–H groups in total. The van der Waals surface area contributed by atoms with Crippen LogP contribution in [0.25, 0.3) is 0 Å². The Morgan fingerprint density at radius 1 is 1.12 bits per heavy atom. The second kappa shape index (κ2) is 4.56. The predicted octanol–water partition coefficient (Wildman–Crippen LogP) is 2.64. The van der Waals surface area contributed by atoms with Crippen LogP contribution in [0.1, 0.15) is 42.1 Å². The molecule has 0 amide bonds. The Kier molecular flexibility index (Phi) is 3.76. The summed E-state index contributed by atoms with van der Waals surface area (Å²) in [7, 11) is 1.89. The normalized spacial score (nSPS) is 13.9. The average molecular weight is 221 g/mol. The van der Waals surface area contributed by atoms with Crippen molar-refractivity contribution < 1.29 is 5.11 Å². The molecular weight excluding hydrogens is 198 g/mol. The summed E-state index contributed by atoms with van der Waals surface area (Å²) in [5, 5.41) is 13.3. The van der Waals surface area contributed by atoms with E-state index in [0.717, 1.165) is 0 Å². The van der Waals surface area contributed by atoms with Gasteiger partial charge in [0.05, 0.1) is 11.6 Å². The monoisotopic (exact) mass is 221 g/mol. The SMILES string of the molecule is CNC(c1ccc(C)c(C)c1C)C(C)(C)O. The van der Waals surface area contributed by atoms with Crippen molar-refractivity contribution in [1.29, 1.82) is 0 Å². The summed E-state index contributed by atoms with van der Waals surface area (Å²) >= 11 is 0. The molecule has 1 aromatic rings. The van der Waals surface area contributed by atoms with Gasteiger partial charge in [-0.05, 0) is 63.9 Å². The van der Waals surface area contributed by atoms with Crippen LogP contribution in [-0.2, 0) is 0 Å². The highest BCUT2D eigenvalue weighted by molar-refractivity contribution is 5.41. The molecule has 2 nitrogen and oxygen atoms in total. The van der Waals surface area contributed by atoms with Gasteiger partial charge in [0.15, 0.2) is 0 Å². The van der Waals surface area contributed by atoms with Gasteiger partial charge in [0.2, 0.25) is 0 Å². The van der Waals surface area contributed by atoms with Crippen molar-refractivity contribution in [2.45, 2.75) is 46.3 Å². The third kappa shape index (κ3) is 2.45. The Hall–Kier alpha value is -0.860. The van der Waals surface area contributed by atoms with Crippen molar-refractivity contribution >= 4 is 0 Å². The van der Waals surface area contributed by atoms with Gasteiger partial charge in [-0.1, -0.05) is 12.1 Å². The number of hydrogen-bond acceptors (Lipinski definition) is 2. The van der Waals surface area contributed by atoms with Crippen molar-refractivity contribution in [1.82, 2.24) is 5.32 Å². The molecule has 0 aromatic heterocycles. The molecule has 0 spiro atoms. The summed E-state index contributed by atoms with van der Waals surface area (Å²) in [6.07, 6.45) is 0. The first kappa shape index (κ1) is 13.2. The molecule has 0 aliphatic rings. The van der Waals surface area contributed by atoms with Crippen LogP contribution in [0.3, 0.4) is 0 Å². The first-order valence-corrected chi connectivity index (χ1v) is 5.75. The van der Waals surface area contributed by atoms with E-state index in [0.29, 0.717) is 0 Å². The molecule has 0 saturated heterocycles. The molecule has 1 aromatic carbocycles. The standard InChI is InChI=1S/C14H23NO/c1-9-7-8-12(11(3)10(9)2)13(15-6)14(4,5)16/h7-8,13,15-16H,1-6H3. The predicted molar refractivity (Wildman–Crippen MR) is 68.8 cm³/mol. The lowest BCUT2D eigenvalue weighted by Gasteiger charge is -2.31. The van der Waals surface area contributed by atoms with Crippen LogP contribution < -0.4 is 5.32 Å². The van der Waals surface area contributed by atoms with Gasteiger partial charge in [0.25, 0.3) is 0 Å². The Morgan fingerprint density at radius 2 is 1.69 bits per heavy atom. The largest absolute Gasteiger partial charge is 0.388 e. The van der Waals surface area contributed by atoms with Gasteiger partial charge in [0, 0.05) is 0 Å². The van der Waals surface area contributed by atoms with E-state index < -0.39 is 5.60 Å². The lowest BCUT2D eigenvalue weighted by atomic mass is 9.86. The van der Waals surface area contributed by atoms with Crippen molar-refractivity contribution in [3.63, 3.8) is 0 Å². The summed E-state index contributed by atoms with van der Waals surface area (Å²) < 4.78 is 0. The zero-order valence-corrected chi connectivity index (χ0v) is 11.2. The number of aliphatic hydroxyl groups is 1. The fourth-order valence-corrected chi connectivity index (χ4v) is 2.18. The summed E-state index contributed by atoms with van der Waals surface area (Å²) in [4.78, 5) is 0. The van der Waals surface area contributed by atoms with E-state index in [2.05, 4.69) is 38.2 Å². The van der Waals surface area contributed by atoms with Crippen molar-refractivity contribution in [2.75, 3.05) is 7.05 Å². The van der Waals surface area contributed by atoms with E-state index in [1.807, 2.05) is 20.9 Å². The Bertz CT molecular complexity index is 377. The molecule has 0 heterocycles. The van der Waals surface area contributed by atoms with E-state index in [9.17, 15) is 5.11 Å². The van der Waals surface area contributed by atoms with E-state index in [-0.39, 0.29) is 6.04 Å². The highest BCUT2D eigenvalue weighted by Crippen LogP contribution is 2.29. The number of hydrogen-bond donors (Lipinski definition) is 2. The van der Waals surface area contributed by atoms with Gasteiger partial charge < -0.3 is 10.4 Å². The summed E-state index contributed by atoms with van der Waals surface area (Å²) in [5.41, 5.74) is 4.29. The lowest BCUT2D eigenvalue weighted by molar-refractivity contribution is 0.0398. The Morgan fingerprint density at radius 3 is 2.12 bits per heavy atom. The first-order chi connectivity index (χ1) is 7.29. The first-order valence-electron chi connectivity index (χ1n) is 5.75. The minimum Gasteiger partial charge on any atom is -0.388 e. The molecule has 1 atom stereocenters. The van der Waals surface area contributed by atoms with Crippen LogP contribution in [0.15, 0.2) is 12.1 Å². The summed E-state index contributed by atoms with van der Waals surface area (Å²) in [5.74, 6) is 0. The van der Waals surface area contributed by atoms with Crippen LogP contribution >= 0.6 is 0 Å². The average Bonchev–Trinajstić information content (AvgIpc) is 2.17. The quantitative estimate of drug-likeness (QED) is 0.822. The van der Waals surface area contributed by atoms with Crippen LogP contribution in [0.5, 0.6) is 0 Å². The molecular formula is C14H23NO. The van der Waals surface area contributed by atoms with E-state index in [4.69, 9.17) is 0 Å². The van der Waals surface area contributed by atoms with Crippen molar-refractivity contribution in [3.05, 3.63) is 34.4 Å². The fraction of sp³-hybridized carbons (Fsp3) is 0.571. The number of nitrogens with one attached hydrogen (secondary N) is 1. The lowest BCUT2D eigenvalue weighted by Crippen LogP contribution is -2.37. The molecule has 0 fully saturated rings. The number of rotatable bonds is 3. The minimum atomic E-state index is -0.763. The highest BCUT2D eigenvalue weighted by Gasteiger charge is 2.28. The molecule has 1 rings (SSSR count). The Labute approximate surface area is 98.7 Å². The fourth-order valence-electron chi connectivity index (χ4n) is 2.18. The summed E-state index contributed by atoms with van der Waals surface area (Å²) in [6, 6.07) is 4.19. The van der Waals surface area contributed by atoms with Gasteiger partial charge in [-0.25, -0.2) is 0 Å². The molecule has 2 heteroatoms. The van der Waals surface area contributed by atoms with Gasteiger partial charge >= 0.3 is 0 Å². The van der Waals surface area contributed by atoms with Crippen LogP contribution in [-0.4, -0.2) is 17.8 Å². The second-order valence-electron chi connectivity index (χ2n) is 5.10. The van der Waals surface area contributed by atoms with Crippen molar-refractivity contribution in [2.24, 2.45) is 0 Å². The number of likely N-dealkylation sites (N-methyl/N-ethyl adjacent to an activating group) is 1. The van der Waals surface area contributed by atoms with E-state index >= 15 is 0 Å². The minimum absolute atomic E-state index is 0.0354. The topological polar surface area (TPSA) is 32.3 Å². The third-order valence-electron chi connectivity index (χ3n) is 3.41.